The number of amides is 1. The van der Waals surface area contributed by atoms with Crippen molar-refractivity contribution in [1.29, 1.82) is 0 Å². The Balaban J connectivity index is 1.91. The topological polar surface area (TPSA) is 33.2 Å². The second-order valence-electron chi connectivity index (χ2n) is 5.69. The van der Waals surface area contributed by atoms with E-state index < -0.39 is 0 Å². The van der Waals surface area contributed by atoms with Crippen LogP contribution < -0.4 is 0 Å². The van der Waals surface area contributed by atoms with Crippen molar-refractivity contribution in [2.75, 3.05) is 13.1 Å². The maximum atomic E-state index is 13.7. The smallest absolute Gasteiger partial charge is 0.254 e. The molecule has 2 aromatic heterocycles. The summed E-state index contributed by atoms with van der Waals surface area (Å²) in [5.74, 6) is -0.378. The van der Waals surface area contributed by atoms with E-state index in [1.54, 1.807) is 23.5 Å². The number of hydrogen-bond donors (Lipinski definition) is 0. The van der Waals surface area contributed by atoms with E-state index in [0.29, 0.717) is 16.5 Å². The van der Waals surface area contributed by atoms with Crippen molar-refractivity contribution < 1.29 is 9.18 Å². The molecule has 1 amide bonds. The number of fused-ring (bicyclic) bond motifs is 1. The van der Waals surface area contributed by atoms with Gasteiger partial charge >= 0.3 is 0 Å². The molecule has 3 heterocycles. The Morgan fingerprint density at radius 2 is 2.00 bits per heavy atom. The van der Waals surface area contributed by atoms with E-state index >= 15 is 0 Å². The minimum Gasteiger partial charge on any atom is -0.339 e. The van der Waals surface area contributed by atoms with Crippen LogP contribution in [0, 0.1) is 5.82 Å². The Kier molecular flexibility index (Phi) is 3.58. The van der Waals surface area contributed by atoms with Crippen LogP contribution in [0.25, 0.3) is 21.5 Å². The van der Waals surface area contributed by atoms with E-state index in [4.69, 9.17) is 0 Å². The van der Waals surface area contributed by atoms with E-state index in [1.807, 2.05) is 22.4 Å². The average Bonchev–Trinajstić information content (AvgIpc) is 3.26. The third-order valence-electron chi connectivity index (χ3n) is 4.17. The number of thiophene rings is 1. The molecule has 3 aromatic rings. The van der Waals surface area contributed by atoms with Gasteiger partial charge in [-0.05, 0) is 48.6 Å². The molecule has 3 nitrogen and oxygen atoms in total. The minimum absolute atomic E-state index is 0.0293. The zero-order valence-corrected chi connectivity index (χ0v) is 13.3. The molecule has 1 aliphatic heterocycles. The number of nitrogens with zero attached hydrogens (tertiary/aromatic N) is 2. The largest absolute Gasteiger partial charge is 0.339 e. The van der Waals surface area contributed by atoms with Crippen LogP contribution in [-0.4, -0.2) is 28.9 Å². The van der Waals surface area contributed by atoms with Crippen molar-refractivity contribution in [1.82, 2.24) is 9.88 Å². The van der Waals surface area contributed by atoms with Crippen molar-refractivity contribution in [2.24, 2.45) is 0 Å². The second-order valence-corrected chi connectivity index (χ2v) is 6.64. The van der Waals surface area contributed by atoms with Gasteiger partial charge in [-0.2, -0.15) is 0 Å². The molecule has 0 atom stereocenters. The van der Waals surface area contributed by atoms with Crippen molar-refractivity contribution in [3.8, 4) is 10.6 Å². The molecule has 0 radical (unpaired) electrons. The van der Waals surface area contributed by atoms with Crippen molar-refractivity contribution in [3.05, 3.63) is 53.2 Å². The molecule has 1 aromatic carbocycles. The van der Waals surface area contributed by atoms with Crippen molar-refractivity contribution in [3.63, 3.8) is 0 Å². The fourth-order valence-electron chi connectivity index (χ4n) is 3.02. The first-order valence-electron chi connectivity index (χ1n) is 7.66. The number of carbonyl (C=O) groups is 1. The molecule has 0 unspecified atom stereocenters. The number of pyridine rings is 1. The SMILES string of the molecule is O=C(c1cc(-c2cccs2)nc2ccc(F)cc12)N1CCCC1. The standard InChI is InChI=1S/C18H15FN2OS/c19-12-5-6-15-13(10-12)14(18(22)21-7-1-2-8-21)11-16(20-15)17-4-3-9-23-17/h3-6,9-11H,1-2,7-8H2. The van der Waals surface area contributed by atoms with Crippen LogP contribution in [0.4, 0.5) is 4.39 Å². The summed E-state index contributed by atoms with van der Waals surface area (Å²) in [6, 6.07) is 10.2. The van der Waals surface area contributed by atoms with E-state index in [9.17, 15) is 9.18 Å². The van der Waals surface area contributed by atoms with Crippen LogP contribution in [0.15, 0.2) is 41.8 Å². The Bertz CT molecular complexity index is 870. The maximum Gasteiger partial charge on any atom is 0.254 e. The van der Waals surface area contributed by atoms with Crippen LogP contribution in [-0.2, 0) is 0 Å². The third-order valence-corrected chi connectivity index (χ3v) is 5.06. The van der Waals surface area contributed by atoms with Gasteiger partial charge in [-0.1, -0.05) is 6.07 Å². The van der Waals surface area contributed by atoms with Gasteiger partial charge in [-0.3, -0.25) is 4.79 Å². The van der Waals surface area contributed by atoms with E-state index in [-0.39, 0.29) is 11.7 Å². The Morgan fingerprint density at radius 3 is 2.74 bits per heavy atom. The molecule has 1 fully saturated rings. The first kappa shape index (κ1) is 14.3. The van der Waals surface area contributed by atoms with Crippen LogP contribution in [0.5, 0.6) is 0 Å². The van der Waals surface area contributed by atoms with Gasteiger partial charge in [-0.25, -0.2) is 9.37 Å². The van der Waals surface area contributed by atoms with Gasteiger partial charge in [0.05, 0.1) is 21.7 Å². The molecule has 4 rings (SSSR count). The van der Waals surface area contributed by atoms with Crippen LogP contribution in [0.1, 0.15) is 23.2 Å². The lowest BCUT2D eigenvalue weighted by Crippen LogP contribution is -2.27. The highest BCUT2D eigenvalue weighted by atomic mass is 32.1. The monoisotopic (exact) mass is 326 g/mol. The first-order valence-corrected chi connectivity index (χ1v) is 8.54. The number of hydrogen-bond acceptors (Lipinski definition) is 3. The lowest BCUT2D eigenvalue weighted by atomic mass is 10.1. The van der Waals surface area contributed by atoms with Crippen molar-refractivity contribution >= 4 is 28.1 Å². The van der Waals surface area contributed by atoms with E-state index in [1.165, 1.54) is 12.1 Å². The normalized spacial score (nSPS) is 14.6. The molecule has 23 heavy (non-hydrogen) atoms. The summed E-state index contributed by atoms with van der Waals surface area (Å²) in [5.41, 5.74) is 1.96. The molecule has 0 N–H and O–H groups in total. The fourth-order valence-corrected chi connectivity index (χ4v) is 3.70. The number of rotatable bonds is 2. The molecule has 0 spiro atoms. The predicted molar refractivity (Wildman–Crippen MR) is 90.2 cm³/mol. The van der Waals surface area contributed by atoms with E-state index in [2.05, 4.69) is 4.98 Å². The highest BCUT2D eigenvalue weighted by Gasteiger charge is 2.22. The Morgan fingerprint density at radius 1 is 1.17 bits per heavy atom. The van der Waals surface area contributed by atoms with Gasteiger partial charge < -0.3 is 4.90 Å². The molecule has 1 saturated heterocycles. The van der Waals surface area contributed by atoms with Gasteiger partial charge in [-0.15, -0.1) is 11.3 Å². The third kappa shape index (κ3) is 2.61. The summed E-state index contributed by atoms with van der Waals surface area (Å²) in [6.07, 6.45) is 2.06. The molecule has 116 valence electrons. The average molecular weight is 326 g/mol. The molecular weight excluding hydrogens is 311 g/mol. The second kappa shape index (κ2) is 5.74. The van der Waals surface area contributed by atoms with Crippen LogP contribution in [0.3, 0.4) is 0 Å². The van der Waals surface area contributed by atoms with E-state index in [0.717, 1.165) is 36.5 Å². The van der Waals surface area contributed by atoms with Gasteiger partial charge in [0.25, 0.3) is 5.91 Å². The zero-order valence-electron chi connectivity index (χ0n) is 12.5. The Hall–Kier alpha value is -2.27. The lowest BCUT2D eigenvalue weighted by Gasteiger charge is -2.17. The highest BCUT2D eigenvalue weighted by Crippen LogP contribution is 2.29. The van der Waals surface area contributed by atoms with Gasteiger partial charge in [0, 0.05) is 18.5 Å². The van der Waals surface area contributed by atoms with Crippen molar-refractivity contribution in [2.45, 2.75) is 12.8 Å². The molecule has 0 bridgehead atoms. The molecule has 1 aliphatic rings. The number of aromatic nitrogens is 1. The summed E-state index contributed by atoms with van der Waals surface area (Å²) in [7, 11) is 0. The minimum atomic E-state index is -0.348. The summed E-state index contributed by atoms with van der Waals surface area (Å²) in [5, 5.41) is 2.57. The van der Waals surface area contributed by atoms with Crippen LogP contribution in [0.2, 0.25) is 0 Å². The summed E-state index contributed by atoms with van der Waals surface area (Å²) in [6.45, 7) is 1.54. The summed E-state index contributed by atoms with van der Waals surface area (Å²) in [4.78, 5) is 20.3. The fraction of sp³-hybridized carbons (Fsp3) is 0.222. The Labute approximate surface area is 137 Å². The van der Waals surface area contributed by atoms with Gasteiger partial charge in [0.1, 0.15) is 5.82 Å². The molecule has 0 saturated carbocycles. The maximum absolute atomic E-state index is 13.7. The number of benzene rings is 1. The number of carbonyl (C=O) groups excluding carboxylic acids is 1. The molecule has 5 heteroatoms. The molecular formula is C18H15FN2OS. The number of halogens is 1. The summed E-state index contributed by atoms with van der Waals surface area (Å²) >= 11 is 1.58. The molecule has 0 aliphatic carbocycles. The van der Waals surface area contributed by atoms with Gasteiger partial charge in [0.15, 0.2) is 0 Å². The quantitative estimate of drug-likeness (QED) is 0.702. The van der Waals surface area contributed by atoms with Crippen LogP contribution >= 0.6 is 11.3 Å². The lowest BCUT2D eigenvalue weighted by molar-refractivity contribution is 0.0794. The predicted octanol–water partition coefficient (Wildman–Crippen LogP) is 4.34. The summed E-state index contributed by atoms with van der Waals surface area (Å²) < 4.78 is 13.7. The highest BCUT2D eigenvalue weighted by molar-refractivity contribution is 7.13. The van der Waals surface area contributed by atoms with Gasteiger partial charge in [0.2, 0.25) is 0 Å². The number of likely N-dealkylation sites (tertiary alicyclic amines) is 1. The zero-order chi connectivity index (χ0) is 15.8. The first-order chi connectivity index (χ1) is 11.2.